The lowest BCUT2D eigenvalue weighted by Gasteiger charge is -2.23. The molecule has 0 bridgehead atoms. The van der Waals surface area contributed by atoms with Crippen molar-refractivity contribution in [2.24, 2.45) is 7.05 Å². The van der Waals surface area contributed by atoms with Gasteiger partial charge in [-0.05, 0) is 70.4 Å². The molecular weight excluding hydrogens is 382 g/mol. The summed E-state index contributed by atoms with van der Waals surface area (Å²) in [5, 5.41) is 11.1. The summed E-state index contributed by atoms with van der Waals surface area (Å²) in [6.07, 6.45) is 11.0. The SMILES string of the molecule is Cc1nc(-c2nnn(C)c2NC(=O)OC2CCCCC2)ccc1OC1CCCCC1. The average Bonchev–Trinajstić information content (AvgIpc) is 3.11. The van der Waals surface area contributed by atoms with E-state index in [2.05, 4.69) is 20.6 Å². The molecule has 2 aromatic rings. The molecule has 0 spiro atoms. The van der Waals surface area contributed by atoms with Crippen molar-refractivity contribution in [1.29, 1.82) is 0 Å². The van der Waals surface area contributed by atoms with Crippen LogP contribution >= 0.6 is 0 Å². The molecule has 0 aromatic carbocycles. The highest BCUT2D eigenvalue weighted by molar-refractivity contribution is 5.88. The van der Waals surface area contributed by atoms with E-state index in [0.717, 1.165) is 50.0 Å². The molecule has 0 unspecified atom stereocenters. The van der Waals surface area contributed by atoms with Crippen LogP contribution in [0.1, 0.15) is 69.9 Å². The average molecular weight is 414 g/mol. The number of pyridine rings is 1. The Bertz CT molecular complexity index is 870. The lowest BCUT2D eigenvalue weighted by Crippen LogP contribution is -2.25. The first-order chi connectivity index (χ1) is 14.6. The molecule has 2 aromatic heterocycles. The molecule has 162 valence electrons. The molecule has 2 fully saturated rings. The highest BCUT2D eigenvalue weighted by Crippen LogP contribution is 2.29. The molecule has 2 saturated carbocycles. The molecule has 1 N–H and O–H groups in total. The Balaban J connectivity index is 1.46. The van der Waals surface area contributed by atoms with Gasteiger partial charge in [-0.1, -0.05) is 18.1 Å². The van der Waals surface area contributed by atoms with Crippen molar-refractivity contribution in [3.8, 4) is 17.1 Å². The van der Waals surface area contributed by atoms with Gasteiger partial charge in [-0.2, -0.15) is 0 Å². The number of rotatable bonds is 5. The zero-order chi connectivity index (χ0) is 20.9. The first kappa shape index (κ1) is 20.6. The third kappa shape index (κ3) is 4.91. The van der Waals surface area contributed by atoms with E-state index in [1.54, 1.807) is 7.05 Å². The maximum Gasteiger partial charge on any atom is 0.413 e. The largest absolute Gasteiger partial charge is 0.489 e. The van der Waals surface area contributed by atoms with Crippen LogP contribution in [0.5, 0.6) is 5.75 Å². The van der Waals surface area contributed by atoms with Crippen LogP contribution in [0, 0.1) is 6.92 Å². The topological polar surface area (TPSA) is 91.2 Å². The van der Waals surface area contributed by atoms with E-state index < -0.39 is 6.09 Å². The Morgan fingerprint density at radius 3 is 2.37 bits per heavy atom. The van der Waals surface area contributed by atoms with Crippen LogP contribution in [0.15, 0.2) is 12.1 Å². The van der Waals surface area contributed by atoms with Gasteiger partial charge in [0.25, 0.3) is 0 Å². The fourth-order valence-corrected chi connectivity index (χ4v) is 4.30. The van der Waals surface area contributed by atoms with Gasteiger partial charge in [0, 0.05) is 7.05 Å². The molecule has 30 heavy (non-hydrogen) atoms. The van der Waals surface area contributed by atoms with Crippen molar-refractivity contribution >= 4 is 11.9 Å². The van der Waals surface area contributed by atoms with Crippen molar-refractivity contribution < 1.29 is 14.3 Å². The Labute approximate surface area is 177 Å². The first-order valence-electron chi connectivity index (χ1n) is 11.1. The van der Waals surface area contributed by atoms with E-state index in [0.29, 0.717) is 17.2 Å². The van der Waals surface area contributed by atoms with Crippen LogP contribution in [0.4, 0.5) is 10.6 Å². The van der Waals surface area contributed by atoms with Crippen LogP contribution in [-0.4, -0.2) is 38.3 Å². The van der Waals surface area contributed by atoms with Crippen LogP contribution in [0.2, 0.25) is 0 Å². The number of amides is 1. The third-order valence-corrected chi connectivity index (χ3v) is 6.00. The second kappa shape index (κ2) is 9.45. The van der Waals surface area contributed by atoms with Gasteiger partial charge >= 0.3 is 6.09 Å². The van der Waals surface area contributed by atoms with Gasteiger partial charge in [0.15, 0.2) is 11.5 Å². The van der Waals surface area contributed by atoms with Gasteiger partial charge in [-0.3, -0.25) is 5.32 Å². The summed E-state index contributed by atoms with van der Waals surface area (Å²) < 4.78 is 13.3. The zero-order valence-electron chi connectivity index (χ0n) is 17.9. The Morgan fingerprint density at radius 2 is 1.70 bits per heavy atom. The van der Waals surface area contributed by atoms with Crippen molar-refractivity contribution in [2.45, 2.75) is 83.3 Å². The molecule has 0 aliphatic heterocycles. The second-order valence-electron chi connectivity index (χ2n) is 8.36. The van der Waals surface area contributed by atoms with E-state index in [-0.39, 0.29) is 12.2 Å². The van der Waals surface area contributed by atoms with Gasteiger partial charge < -0.3 is 9.47 Å². The van der Waals surface area contributed by atoms with Crippen molar-refractivity contribution in [3.63, 3.8) is 0 Å². The smallest absolute Gasteiger partial charge is 0.413 e. The van der Waals surface area contributed by atoms with Crippen LogP contribution < -0.4 is 10.1 Å². The summed E-state index contributed by atoms with van der Waals surface area (Å²) >= 11 is 0. The third-order valence-electron chi connectivity index (χ3n) is 6.00. The highest BCUT2D eigenvalue weighted by atomic mass is 16.6. The van der Waals surface area contributed by atoms with E-state index in [1.165, 1.54) is 30.4 Å². The molecule has 8 heteroatoms. The van der Waals surface area contributed by atoms with Gasteiger partial charge in [0.2, 0.25) is 0 Å². The van der Waals surface area contributed by atoms with Crippen LogP contribution in [0.25, 0.3) is 11.4 Å². The normalized spacial score (nSPS) is 18.2. The van der Waals surface area contributed by atoms with E-state index >= 15 is 0 Å². The summed E-state index contributed by atoms with van der Waals surface area (Å²) in [5.74, 6) is 1.28. The molecule has 4 rings (SSSR count). The zero-order valence-corrected chi connectivity index (χ0v) is 17.9. The number of hydrogen-bond acceptors (Lipinski definition) is 6. The standard InChI is InChI=1S/C22H31N5O3/c1-15-19(29-16-9-5-3-6-10-16)14-13-18(23-15)20-21(27(2)26-25-20)24-22(28)30-17-11-7-4-8-12-17/h13-14,16-17H,3-12H2,1-2H3,(H,24,28). The fraction of sp³-hybridized carbons (Fsp3) is 0.636. The molecule has 2 aliphatic rings. The van der Waals surface area contributed by atoms with Gasteiger partial charge in [0.05, 0.1) is 17.5 Å². The molecule has 0 atom stereocenters. The first-order valence-corrected chi connectivity index (χ1v) is 11.1. The summed E-state index contributed by atoms with van der Waals surface area (Å²) in [6.45, 7) is 1.93. The van der Waals surface area contributed by atoms with Crippen LogP contribution in [-0.2, 0) is 11.8 Å². The number of carbonyl (C=O) groups is 1. The predicted molar refractivity (Wildman–Crippen MR) is 113 cm³/mol. The lowest BCUT2D eigenvalue weighted by atomic mass is 9.98. The van der Waals surface area contributed by atoms with Gasteiger partial charge in [-0.15, -0.1) is 5.10 Å². The minimum Gasteiger partial charge on any atom is -0.489 e. The number of aryl methyl sites for hydroxylation is 2. The molecular formula is C22H31N5O3. The van der Waals surface area contributed by atoms with Crippen molar-refractivity contribution in [3.05, 3.63) is 17.8 Å². The minimum absolute atomic E-state index is 0.0139. The Kier molecular flexibility index (Phi) is 6.50. The minimum atomic E-state index is -0.470. The number of carbonyl (C=O) groups excluding carboxylic acids is 1. The molecule has 0 radical (unpaired) electrons. The Hall–Kier alpha value is -2.64. The molecule has 1 amide bonds. The summed E-state index contributed by atoms with van der Waals surface area (Å²) in [7, 11) is 1.74. The maximum atomic E-state index is 12.4. The molecule has 2 heterocycles. The Morgan fingerprint density at radius 1 is 1.03 bits per heavy atom. The number of nitrogens with zero attached hydrogens (tertiary/aromatic N) is 4. The molecule has 2 aliphatic carbocycles. The van der Waals surface area contributed by atoms with Gasteiger partial charge in [-0.25, -0.2) is 14.5 Å². The van der Waals surface area contributed by atoms with Crippen molar-refractivity contribution in [2.75, 3.05) is 5.32 Å². The molecule has 0 saturated heterocycles. The summed E-state index contributed by atoms with van der Waals surface area (Å²) in [6, 6.07) is 3.80. The number of aromatic nitrogens is 4. The van der Waals surface area contributed by atoms with E-state index in [1.807, 2.05) is 19.1 Å². The van der Waals surface area contributed by atoms with E-state index in [9.17, 15) is 4.79 Å². The number of ether oxygens (including phenoxy) is 2. The number of anilines is 1. The highest BCUT2D eigenvalue weighted by Gasteiger charge is 2.22. The number of hydrogen-bond donors (Lipinski definition) is 1. The van der Waals surface area contributed by atoms with Crippen LogP contribution in [0.3, 0.4) is 0 Å². The van der Waals surface area contributed by atoms with Crippen molar-refractivity contribution in [1.82, 2.24) is 20.0 Å². The fourth-order valence-electron chi connectivity index (χ4n) is 4.30. The quantitative estimate of drug-likeness (QED) is 0.759. The summed E-state index contributed by atoms with van der Waals surface area (Å²) in [4.78, 5) is 17.1. The molecule has 8 nitrogen and oxygen atoms in total. The summed E-state index contributed by atoms with van der Waals surface area (Å²) in [5.41, 5.74) is 1.97. The maximum absolute atomic E-state index is 12.4. The second-order valence-corrected chi connectivity index (χ2v) is 8.36. The predicted octanol–water partition coefficient (Wildman–Crippen LogP) is 4.78. The lowest BCUT2D eigenvalue weighted by molar-refractivity contribution is 0.0864. The van der Waals surface area contributed by atoms with Gasteiger partial charge in [0.1, 0.15) is 11.9 Å². The number of nitrogens with one attached hydrogen (secondary N) is 1. The monoisotopic (exact) mass is 413 g/mol. The van der Waals surface area contributed by atoms with E-state index in [4.69, 9.17) is 9.47 Å².